The van der Waals surface area contributed by atoms with Gasteiger partial charge in [-0.05, 0) is 42.0 Å². The molecule has 2 aromatic carbocycles. The van der Waals surface area contributed by atoms with Gasteiger partial charge in [0.15, 0.2) is 21.3 Å². The van der Waals surface area contributed by atoms with Crippen LogP contribution >= 0.6 is 11.6 Å². The van der Waals surface area contributed by atoms with Crippen molar-refractivity contribution in [1.82, 2.24) is 0 Å². The minimum absolute atomic E-state index is 0.00300. The van der Waals surface area contributed by atoms with E-state index in [9.17, 15) is 13.2 Å². The van der Waals surface area contributed by atoms with Crippen molar-refractivity contribution in [2.24, 2.45) is 0 Å². The molecule has 0 N–H and O–H groups in total. The van der Waals surface area contributed by atoms with E-state index in [0.29, 0.717) is 35.3 Å². The van der Waals surface area contributed by atoms with Crippen LogP contribution in [0.5, 0.6) is 11.5 Å². The highest BCUT2D eigenvalue weighted by Gasteiger charge is 2.17. The maximum absolute atomic E-state index is 12.1. The van der Waals surface area contributed by atoms with E-state index in [-0.39, 0.29) is 17.1 Å². The van der Waals surface area contributed by atoms with E-state index in [1.807, 2.05) is 0 Å². The zero-order chi connectivity index (χ0) is 18.7. The standard InChI is InChI=1S/C18H17ClO6S/c1-26(21,22)14-5-3-13(4-6-14)18(20)25-11-12-9-15(19)17-16(10-12)23-7-2-8-24-17/h3-6,9-10H,2,7-8,11H2,1H3. The number of carbonyl (C=O) groups is 1. The van der Waals surface area contributed by atoms with E-state index < -0.39 is 15.8 Å². The molecule has 0 amide bonds. The lowest BCUT2D eigenvalue weighted by molar-refractivity contribution is 0.0472. The van der Waals surface area contributed by atoms with Crippen LogP contribution in [0.4, 0.5) is 0 Å². The summed E-state index contributed by atoms with van der Waals surface area (Å²) in [6, 6.07) is 8.97. The van der Waals surface area contributed by atoms with Crippen molar-refractivity contribution in [3.8, 4) is 11.5 Å². The van der Waals surface area contributed by atoms with Gasteiger partial charge < -0.3 is 14.2 Å². The van der Waals surface area contributed by atoms with E-state index in [1.54, 1.807) is 12.1 Å². The van der Waals surface area contributed by atoms with Gasteiger partial charge in [-0.1, -0.05) is 11.6 Å². The Bertz CT molecular complexity index is 921. The Labute approximate surface area is 156 Å². The van der Waals surface area contributed by atoms with Crippen LogP contribution in [0.3, 0.4) is 0 Å². The molecule has 1 aliphatic rings. The van der Waals surface area contributed by atoms with Crippen LogP contribution in [-0.4, -0.2) is 33.9 Å². The normalized spacial score (nSPS) is 13.8. The second-order valence-electron chi connectivity index (χ2n) is 5.83. The average Bonchev–Trinajstić information content (AvgIpc) is 2.85. The molecule has 0 unspecified atom stereocenters. The second kappa shape index (κ2) is 7.55. The summed E-state index contributed by atoms with van der Waals surface area (Å²) in [6.45, 7) is 1.06. The Morgan fingerprint density at radius 2 is 1.85 bits per heavy atom. The highest BCUT2D eigenvalue weighted by atomic mass is 35.5. The lowest BCUT2D eigenvalue weighted by atomic mass is 10.2. The van der Waals surface area contributed by atoms with Crippen LogP contribution in [0, 0.1) is 0 Å². The minimum atomic E-state index is -3.31. The molecule has 0 saturated heterocycles. The quantitative estimate of drug-likeness (QED) is 0.738. The Morgan fingerprint density at radius 3 is 2.54 bits per heavy atom. The van der Waals surface area contributed by atoms with Gasteiger partial charge in [0.05, 0.1) is 28.7 Å². The Hall–Kier alpha value is -2.25. The molecule has 6 nitrogen and oxygen atoms in total. The Morgan fingerprint density at radius 1 is 1.15 bits per heavy atom. The highest BCUT2D eigenvalue weighted by molar-refractivity contribution is 7.90. The first-order valence-electron chi connectivity index (χ1n) is 7.90. The first kappa shape index (κ1) is 18.5. The van der Waals surface area contributed by atoms with Crippen LogP contribution in [0.2, 0.25) is 5.02 Å². The van der Waals surface area contributed by atoms with Crippen molar-refractivity contribution in [1.29, 1.82) is 0 Å². The van der Waals surface area contributed by atoms with Gasteiger partial charge in [-0.15, -0.1) is 0 Å². The van der Waals surface area contributed by atoms with Crippen molar-refractivity contribution < 1.29 is 27.4 Å². The van der Waals surface area contributed by atoms with Crippen LogP contribution < -0.4 is 9.47 Å². The number of esters is 1. The number of sulfone groups is 1. The SMILES string of the molecule is CS(=O)(=O)c1ccc(C(=O)OCc2cc(Cl)c3c(c2)OCCCO3)cc1. The molecule has 26 heavy (non-hydrogen) atoms. The summed E-state index contributed by atoms with van der Waals surface area (Å²) >= 11 is 6.21. The highest BCUT2D eigenvalue weighted by Crippen LogP contribution is 2.38. The summed E-state index contributed by atoms with van der Waals surface area (Å²) in [5.41, 5.74) is 0.929. The molecule has 0 aliphatic carbocycles. The van der Waals surface area contributed by atoms with Crippen molar-refractivity contribution >= 4 is 27.4 Å². The molecule has 0 aromatic heterocycles. The summed E-state index contributed by atoms with van der Waals surface area (Å²) in [5, 5.41) is 0.396. The van der Waals surface area contributed by atoms with Gasteiger partial charge >= 0.3 is 5.97 Å². The number of rotatable bonds is 4. The Balaban J connectivity index is 1.70. The largest absolute Gasteiger partial charge is 0.489 e. The molecule has 3 rings (SSSR count). The third-order valence-electron chi connectivity index (χ3n) is 3.75. The van der Waals surface area contributed by atoms with Crippen LogP contribution in [0.15, 0.2) is 41.3 Å². The van der Waals surface area contributed by atoms with Crippen LogP contribution in [0.1, 0.15) is 22.3 Å². The number of ether oxygens (including phenoxy) is 3. The van der Waals surface area contributed by atoms with Gasteiger partial charge in [0.1, 0.15) is 6.61 Å². The van der Waals surface area contributed by atoms with Gasteiger partial charge in [-0.2, -0.15) is 0 Å². The number of halogens is 1. The van der Waals surface area contributed by atoms with Gasteiger partial charge in [-0.3, -0.25) is 0 Å². The summed E-state index contributed by atoms with van der Waals surface area (Å²) in [7, 11) is -3.31. The van der Waals surface area contributed by atoms with Crippen molar-refractivity contribution in [2.45, 2.75) is 17.9 Å². The fourth-order valence-electron chi connectivity index (χ4n) is 2.44. The van der Waals surface area contributed by atoms with Crippen molar-refractivity contribution in [3.05, 3.63) is 52.5 Å². The smallest absolute Gasteiger partial charge is 0.338 e. The van der Waals surface area contributed by atoms with Gasteiger partial charge in [0.25, 0.3) is 0 Å². The molecule has 0 radical (unpaired) electrons. The van der Waals surface area contributed by atoms with Crippen molar-refractivity contribution in [3.63, 3.8) is 0 Å². The first-order valence-corrected chi connectivity index (χ1v) is 10.2. The molecular formula is C18H17ClO6S. The maximum Gasteiger partial charge on any atom is 0.338 e. The first-order chi connectivity index (χ1) is 12.3. The molecule has 0 bridgehead atoms. The molecule has 0 saturated carbocycles. The zero-order valence-corrected chi connectivity index (χ0v) is 15.6. The maximum atomic E-state index is 12.1. The van der Waals surface area contributed by atoms with Gasteiger partial charge in [0, 0.05) is 12.7 Å². The predicted octanol–water partition coefficient (Wildman–Crippen LogP) is 3.26. The monoisotopic (exact) mass is 396 g/mol. The molecule has 1 heterocycles. The number of fused-ring (bicyclic) bond motifs is 1. The lowest BCUT2D eigenvalue weighted by Gasteiger charge is -2.12. The molecule has 138 valence electrons. The predicted molar refractivity (Wildman–Crippen MR) is 95.7 cm³/mol. The van der Waals surface area contributed by atoms with E-state index >= 15 is 0 Å². The van der Waals surface area contributed by atoms with E-state index in [4.69, 9.17) is 25.8 Å². The zero-order valence-electron chi connectivity index (χ0n) is 14.0. The summed E-state index contributed by atoms with van der Waals surface area (Å²) in [4.78, 5) is 12.3. The van der Waals surface area contributed by atoms with Crippen LogP contribution in [-0.2, 0) is 21.2 Å². The molecule has 1 aliphatic heterocycles. The lowest BCUT2D eigenvalue weighted by Crippen LogP contribution is -2.06. The van der Waals surface area contributed by atoms with Gasteiger partial charge in [-0.25, -0.2) is 13.2 Å². The fraction of sp³-hybridized carbons (Fsp3) is 0.278. The molecule has 8 heteroatoms. The third kappa shape index (κ3) is 4.28. The number of hydrogen-bond acceptors (Lipinski definition) is 6. The van der Waals surface area contributed by atoms with E-state index in [0.717, 1.165) is 12.7 Å². The number of carbonyl (C=O) groups excluding carboxylic acids is 1. The summed E-state index contributed by atoms with van der Waals surface area (Å²) in [6.07, 6.45) is 1.87. The summed E-state index contributed by atoms with van der Waals surface area (Å²) in [5.74, 6) is 0.461. The molecule has 2 aromatic rings. The summed E-state index contributed by atoms with van der Waals surface area (Å²) < 4.78 is 39.3. The number of benzene rings is 2. The van der Waals surface area contributed by atoms with Gasteiger partial charge in [0.2, 0.25) is 0 Å². The average molecular weight is 397 g/mol. The molecular weight excluding hydrogens is 380 g/mol. The third-order valence-corrected chi connectivity index (χ3v) is 5.16. The topological polar surface area (TPSA) is 78.9 Å². The Kier molecular flexibility index (Phi) is 5.38. The van der Waals surface area contributed by atoms with E-state index in [1.165, 1.54) is 24.3 Å². The fourth-order valence-corrected chi connectivity index (χ4v) is 3.36. The number of hydrogen-bond donors (Lipinski definition) is 0. The minimum Gasteiger partial charge on any atom is -0.489 e. The second-order valence-corrected chi connectivity index (χ2v) is 8.25. The molecule has 0 fully saturated rings. The van der Waals surface area contributed by atoms with Crippen molar-refractivity contribution in [2.75, 3.05) is 19.5 Å². The van der Waals surface area contributed by atoms with Crippen LogP contribution in [0.25, 0.3) is 0 Å². The molecule has 0 spiro atoms. The van der Waals surface area contributed by atoms with E-state index in [2.05, 4.69) is 0 Å². The molecule has 0 atom stereocenters.